The van der Waals surface area contributed by atoms with Gasteiger partial charge in [-0.2, -0.15) is 5.48 Å². The van der Waals surface area contributed by atoms with E-state index in [2.05, 4.69) is 10.2 Å². The van der Waals surface area contributed by atoms with Crippen LogP contribution in [0, 0.1) is 0 Å². The lowest BCUT2D eigenvalue weighted by Gasteiger charge is -2.08. The third kappa shape index (κ3) is 2.65. The van der Waals surface area contributed by atoms with Gasteiger partial charge in [0.15, 0.2) is 0 Å². The van der Waals surface area contributed by atoms with Gasteiger partial charge in [0.25, 0.3) is 0 Å². The molecule has 1 atom stereocenters. The minimum Gasteiger partial charge on any atom is -0.392 e. The highest BCUT2D eigenvalue weighted by Gasteiger charge is 2.33. The first-order valence-electron chi connectivity index (χ1n) is 4.91. The molecule has 1 aliphatic rings. The van der Waals surface area contributed by atoms with Crippen molar-refractivity contribution in [2.75, 3.05) is 0 Å². The van der Waals surface area contributed by atoms with E-state index < -0.39 is 18.0 Å². The first-order chi connectivity index (χ1) is 7.75. The molecule has 5 heteroatoms. The van der Waals surface area contributed by atoms with Crippen molar-refractivity contribution in [2.45, 2.75) is 19.1 Å². The van der Waals surface area contributed by atoms with Crippen molar-refractivity contribution in [3.8, 4) is 0 Å². The quantitative estimate of drug-likeness (QED) is 0.457. The van der Waals surface area contributed by atoms with Crippen molar-refractivity contribution >= 4 is 11.9 Å². The van der Waals surface area contributed by atoms with Crippen LogP contribution in [0.3, 0.4) is 0 Å². The van der Waals surface area contributed by atoms with E-state index in [4.69, 9.17) is 4.84 Å². The zero-order valence-electron chi connectivity index (χ0n) is 8.51. The summed E-state index contributed by atoms with van der Waals surface area (Å²) in [6.07, 6.45) is 0.0215. The fourth-order valence-corrected chi connectivity index (χ4v) is 1.36. The minimum atomic E-state index is -0.684. The molecular formula is C11H11NO4. The lowest BCUT2D eigenvalue weighted by Crippen LogP contribution is -2.32. The summed E-state index contributed by atoms with van der Waals surface area (Å²) in [5, 5.41) is 0. The Kier molecular flexibility index (Phi) is 3.28. The van der Waals surface area contributed by atoms with Gasteiger partial charge in [-0.1, -0.05) is 30.3 Å². The second-order valence-electron chi connectivity index (χ2n) is 3.44. The van der Waals surface area contributed by atoms with E-state index in [-0.39, 0.29) is 6.42 Å². The van der Waals surface area contributed by atoms with E-state index in [0.717, 1.165) is 5.56 Å². The summed E-state index contributed by atoms with van der Waals surface area (Å²) >= 11 is 0. The van der Waals surface area contributed by atoms with Crippen LogP contribution < -0.4 is 5.48 Å². The van der Waals surface area contributed by atoms with Crippen molar-refractivity contribution in [1.82, 2.24) is 5.48 Å². The number of hydroxylamine groups is 1. The summed E-state index contributed by atoms with van der Waals surface area (Å²) in [4.78, 5) is 26.9. The van der Waals surface area contributed by atoms with Gasteiger partial charge in [0.2, 0.25) is 0 Å². The van der Waals surface area contributed by atoms with Gasteiger partial charge in [0.05, 0.1) is 13.0 Å². The lowest BCUT2D eigenvalue weighted by molar-refractivity contribution is -0.153. The molecule has 2 rings (SSSR count). The van der Waals surface area contributed by atoms with E-state index in [9.17, 15) is 9.59 Å². The van der Waals surface area contributed by atoms with Crippen LogP contribution in [0.25, 0.3) is 0 Å². The van der Waals surface area contributed by atoms with Crippen LogP contribution in [-0.4, -0.2) is 18.0 Å². The summed E-state index contributed by atoms with van der Waals surface area (Å²) in [7, 11) is 0. The molecule has 1 heterocycles. The Labute approximate surface area is 92.3 Å². The fourth-order valence-electron chi connectivity index (χ4n) is 1.36. The minimum absolute atomic E-state index is 0.0215. The highest BCUT2D eigenvalue weighted by atomic mass is 16.7. The first-order valence-corrected chi connectivity index (χ1v) is 4.91. The van der Waals surface area contributed by atoms with Gasteiger partial charge in [0, 0.05) is 0 Å². The van der Waals surface area contributed by atoms with Crippen LogP contribution in [0.15, 0.2) is 30.3 Å². The van der Waals surface area contributed by atoms with Gasteiger partial charge in [0.1, 0.15) is 6.04 Å². The Bertz CT molecular complexity index is 390. The number of cyclic esters (lactones) is 2. The van der Waals surface area contributed by atoms with Gasteiger partial charge in [-0.15, -0.1) is 0 Å². The lowest BCUT2D eigenvalue weighted by atomic mass is 10.2. The number of carbonyl (C=O) groups excluding carboxylic acids is 2. The van der Waals surface area contributed by atoms with E-state index in [1.54, 1.807) is 0 Å². The van der Waals surface area contributed by atoms with Gasteiger partial charge in [-0.3, -0.25) is 9.63 Å². The molecule has 0 unspecified atom stereocenters. The third-order valence-corrected chi connectivity index (χ3v) is 2.18. The molecule has 0 radical (unpaired) electrons. The normalized spacial score (nSPS) is 19.9. The predicted molar refractivity (Wildman–Crippen MR) is 53.9 cm³/mol. The number of carbonyl (C=O) groups is 2. The van der Waals surface area contributed by atoms with Gasteiger partial charge >= 0.3 is 11.9 Å². The molecular weight excluding hydrogens is 210 g/mol. The topological polar surface area (TPSA) is 64.6 Å². The summed E-state index contributed by atoms with van der Waals surface area (Å²) in [6.45, 7) is 0.332. The van der Waals surface area contributed by atoms with Gasteiger partial charge < -0.3 is 4.74 Å². The van der Waals surface area contributed by atoms with E-state index in [1.165, 1.54) is 0 Å². The van der Waals surface area contributed by atoms with Crippen molar-refractivity contribution in [3.63, 3.8) is 0 Å². The molecule has 1 aromatic carbocycles. The Morgan fingerprint density at radius 3 is 2.69 bits per heavy atom. The second kappa shape index (κ2) is 4.87. The molecule has 0 amide bonds. The zero-order valence-corrected chi connectivity index (χ0v) is 8.51. The van der Waals surface area contributed by atoms with Crippen LogP contribution >= 0.6 is 0 Å². The number of esters is 2. The predicted octanol–water partition coefficient (Wildman–Crippen LogP) is 0.550. The number of rotatable bonds is 4. The van der Waals surface area contributed by atoms with Crippen LogP contribution in [0.2, 0.25) is 0 Å². The molecule has 84 valence electrons. The van der Waals surface area contributed by atoms with Crippen molar-refractivity contribution in [2.24, 2.45) is 0 Å². The molecule has 0 saturated carbocycles. The molecule has 16 heavy (non-hydrogen) atoms. The van der Waals surface area contributed by atoms with E-state index in [0.29, 0.717) is 6.61 Å². The van der Waals surface area contributed by atoms with Crippen LogP contribution in [0.5, 0.6) is 0 Å². The second-order valence-corrected chi connectivity index (χ2v) is 3.44. The maximum absolute atomic E-state index is 11.0. The number of nitrogens with one attached hydrogen (secondary N) is 1. The van der Waals surface area contributed by atoms with Crippen molar-refractivity contribution in [1.29, 1.82) is 0 Å². The molecule has 1 saturated heterocycles. The Morgan fingerprint density at radius 1 is 1.31 bits per heavy atom. The monoisotopic (exact) mass is 221 g/mol. The molecule has 0 spiro atoms. The molecule has 1 N–H and O–H groups in total. The van der Waals surface area contributed by atoms with Crippen molar-refractivity contribution < 1.29 is 19.2 Å². The Hall–Kier alpha value is -1.72. The molecule has 1 aliphatic heterocycles. The average molecular weight is 221 g/mol. The molecule has 0 aromatic heterocycles. The van der Waals surface area contributed by atoms with E-state index >= 15 is 0 Å². The van der Waals surface area contributed by atoms with Crippen LogP contribution in [0.1, 0.15) is 12.0 Å². The SMILES string of the molecule is O=C1C[C@H](NOCc2ccccc2)C(=O)O1. The number of ether oxygens (including phenoxy) is 1. The molecule has 0 bridgehead atoms. The summed E-state index contributed by atoms with van der Waals surface area (Å²) in [5.74, 6) is -1.11. The maximum Gasteiger partial charge on any atom is 0.333 e. The maximum atomic E-state index is 11.0. The fraction of sp³-hybridized carbons (Fsp3) is 0.273. The van der Waals surface area contributed by atoms with Crippen LogP contribution in [0.4, 0.5) is 0 Å². The molecule has 1 fully saturated rings. The number of hydrogen-bond donors (Lipinski definition) is 1. The number of benzene rings is 1. The zero-order chi connectivity index (χ0) is 11.4. The van der Waals surface area contributed by atoms with E-state index in [1.807, 2.05) is 30.3 Å². The Balaban J connectivity index is 1.76. The summed E-state index contributed by atoms with van der Waals surface area (Å²) in [5.41, 5.74) is 3.49. The molecule has 1 aromatic rings. The number of hydrogen-bond acceptors (Lipinski definition) is 5. The standard InChI is InChI=1S/C11H11NO4/c13-10-6-9(11(14)16-10)12-15-7-8-4-2-1-3-5-8/h1-5,9,12H,6-7H2/t9-/m0/s1. The van der Waals surface area contributed by atoms with Gasteiger partial charge in [-0.05, 0) is 5.56 Å². The molecule has 0 aliphatic carbocycles. The average Bonchev–Trinajstić information content (AvgIpc) is 2.59. The van der Waals surface area contributed by atoms with Gasteiger partial charge in [-0.25, -0.2) is 4.79 Å². The highest BCUT2D eigenvalue weighted by Crippen LogP contribution is 2.08. The summed E-state index contributed by atoms with van der Waals surface area (Å²) in [6, 6.07) is 8.82. The third-order valence-electron chi connectivity index (χ3n) is 2.18. The van der Waals surface area contributed by atoms with Crippen molar-refractivity contribution in [3.05, 3.63) is 35.9 Å². The summed E-state index contributed by atoms with van der Waals surface area (Å²) < 4.78 is 4.36. The van der Waals surface area contributed by atoms with Crippen LogP contribution in [-0.2, 0) is 25.8 Å². The Morgan fingerprint density at radius 2 is 2.06 bits per heavy atom. The molecule has 5 nitrogen and oxygen atoms in total. The largest absolute Gasteiger partial charge is 0.392 e. The highest BCUT2D eigenvalue weighted by molar-refractivity contribution is 5.96. The smallest absolute Gasteiger partial charge is 0.333 e. The first kappa shape index (κ1) is 10.8.